The fraction of sp³-hybridized carbons (Fsp3) is 0.167. The zero-order valence-electron chi connectivity index (χ0n) is 16.8. The Bertz CT molecular complexity index is 1030. The highest BCUT2D eigenvalue weighted by atomic mass is 19.1. The molecule has 3 aromatic rings. The molecule has 30 heavy (non-hydrogen) atoms. The zero-order valence-corrected chi connectivity index (χ0v) is 16.8. The van der Waals surface area contributed by atoms with E-state index in [-0.39, 0.29) is 18.0 Å². The van der Waals surface area contributed by atoms with Gasteiger partial charge in [0.1, 0.15) is 23.7 Å². The lowest BCUT2D eigenvalue weighted by Crippen LogP contribution is -2.22. The Kier molecular flexibility index (Phi) is 6.80. The summed E-state index contributed by atoms with van der Waals surface area (Å²) in [6.45, 7) is 3.53. The minimum atomic E-state index is -0.665. The maximum Gasteiger partial charge on any atom is 0.342 e. The summed E-state index contributed by atoms with van der Waals surface area (Å²) in [5.41, 5.74) is 3.53. The molecule has 0 radical (unpaired) electrons. The Hall–Kier alpha value is -3.67. The van der Waals surface area contributed by atoms with Gasteiger partial charge in [-0.1, -0.05) is 42.5 Å². The number of aryl methyl sites for hydroxylation is 2. The summed E-state index contributed by atoms with van der Waals surface area (Å²) in [5, 5.41) is 2.77. The molecule has 0 aliphatic heterocycles. The van der Waals surface area contributed by atoms with Crippen LogP contribution in [0.4, 0.5) is 10.1 Å². The number of nitrogens with one attached hydrogen (secondary N) is 1. The molecule has 1 amide bonds. The van der Waals surface area contributed by atoms with E-state index in [2.05, 4.69) is 5.32 Å². The molecular weight excluding hydrogens is 385 g/mol. The minimum absolute atomic E-state index is 0.164. The zero-order chi connectivity index (χ0) is 21.5. The van der Waals surface area contributed by atoms with Crippen molar-refractivity contribution in [3.63, 3.8) is 0 Å². The van der Waals surface area contributed by atoms with Crippen molar-refractivity contribution in [2.45, 2.75) is 20.5 Å². The first-order valence-corrected chi connectivity index (χ1v) is 9.43. The largest absolute Gasteiger partial charge is 0.488 e. The molecule has 0 aliphatic carbocycles. The number of amides is 1. The Morgan fingerprint density at radius 2 is 1.57 bits per heavy atom. The maximum absolute atomic E-state index is 13.0. The van der Waals surface area contributed by atoms with Crippen molar-refractivity contribution in [2.75, 3.05) is 11.9 Å². The van der Waals surface area contributed by atoms with Gasteiger partial charge < -0.3 is 14.8 Å². The number of ether oxygens (including phenoxy) is 2. The van der Waals surface area contributed by atoms with Crippen molar-refractivity contribution in [3.8, 4) is 5.75 Å². The van der Waals surface area contributed by atoms with Crippen molar-refractivity contribution < 1.29 is 23.5 Å². The normalized spacial score (nSPS) is 10.4. The Balaban J connectivity index is 1.60. The SMILES string of the molecule is Cc1cccc(C)c1NC(=O)COC(=O)c1ccccc1OCc1ccc(F)cc1. The Morgan fingerprint density at radius 1 is 0.900 bits per heavy atom. The fourth-order valence-corrected chi connectivity index (χ4v) is 2.90. The first kappa shape index (κ1) is 21.0. The molecule has 154 valence electrons. The van der Waals surface area contributed by atoms with Crippen molar-refractivity contribution in [2.24, 2.45) is 0 Å². The van der Waals surface area contributed by atoms with E-state index in [9.17, 15) is 14.0 Å². The van der Waals surface area contributed by atoms with Gasteiger partial charge in [-0.2, -0.15) is 0 Å². The number of halogens is 1. The average Bonchev–Trinajstić information content (AvgIpc) is 2.74. The summed E-state index contributed by atoms with van der Waals surface area (Å²) in [5.74, 6) is -1.10. The summed E-state index contributed by atoms with van der Waals surface area (Å²) in [7, 11) is 0. The molecule has 0 atom stereocenters. The molecule has 5 nitrogen and oxygen atoms in total. The molecule has 6 heteroatoms. The molecule has 0 saturated heterocycles. The maximum atomic E-state index is 13.0. The number of carbonyl (C=O) groups is 2. The van der Waals surface area contributed by atoms with E-state index in [1.54, 1.807) is 36.4 Å². The molecule has 0 unspecified atom stereocenters. The van der Waals surface area contributed by atoms with Crippen LogP contribution in [0.2, 0.25) is 0 Å². The predicted octanol–water partition coefficient (Wildman–Crippen LogP) is 4.82. The smallest absolute Gasteiger partial charge is 0.342 e. The lowest BCUT2D eigenvalue weighted by molar-refractivity contribution is -0.119. The van der Waals surface area contributed by atoms with Crippen molar-refractivity contribution in [1.29, 1.82) is 0 Å². The Morgan fingerprint density at radius 3 is 2.27 bits per heavy atom. The molecule has 0 spiro atoms. The number of anilines is 1. The van der Waals surface area contributed by atoms with E-state index in [1.165, 1.54) is 12.1 Å². The molecule has 3 rings (SSSR count). The van der Waals surface area contributed by atoms with E-state index in [0.29, 0.717) is 11.4 Å². The number of hydrogen-bond donors (Lipinski definition) is 1. The second-order valence-corrected chi connectivity index (χ2v) is 6.80. The standard InChI is InChI=1S/C24H22FNO4/c1-16-6-5-7-17(2)23(16)26-22(27)15-30-24(28)20-8-3-4-9-21(20)29-14-18-10-12-19(25)13-11-18/h3-13H,14-15H2,1-2H3,(H,26,27). The van der Waals surface area contributed by atoms with Crippen molar-refractivity contribution in [1.82, 2.24) is 0 Å². The molecule has 0 bridgehead atoms. The third-order valence-electron chi connectivity index (χ3n) is 4.49. The predicted molar refractivity (Wildman–Crippen MR) is 112 cm³/mol. The van der Waals surface area contributed by atoms with E-state index in [0.717, 1.165) is 16.7 Å². The quantitative estimate of drug-likeness (QED) is 0.571. The molecule has 3 aromatic carbocycles. The summed E-state index contributed by atoms with van der Waals surface area (Å²) >= 11 is 0. The third-order valence-corrected chi connectivity index (χ3v) is 4.49. The van der Waals surface area contributed by atoms with Gasteiger partial charge in [-0.05, 0) is 54.8 Å². The minimum Gasteiger partial charge on any atom is -0.488 e. The lowest BCUT2D eigenvalue weighted by atomic mass is 10.1. The van der Waals surface area contributed by atoms with Crippen molar-refractivity contribution >= 4 is 17.6 Å². The number of benzene rings is 3. The molecule has 1 N–H and O–H groups in total. The van der Waals surface area contributed by atoms with Crippen LogP contribution in [0.1, 0.15) is 27.0 Å². The van der Waals surface area contributed by atoms with Crippen LogP contribution in [0, 0.1) is 19.7 Å². The van der Waals surface area contributed by atoms with Gasteiger partial charge in [0.05, 0.1) is 0 Å². The number of para-hydroxylation sites is 2. The van der Waals surface area contributed by atoms with Crippen LogP contribution in [0.15, 0.2) is 66.7 Å². The van der Waals surface area contributed by atoms with E-state index in [1.807, 2.05) is 32.0 Å². The summed E-state index contributed by atoms with van der Waals surface area (Å²) in [4.78, 5) is 24.7. The van der Waals surface area contributed by atoms with Gasteiger partial charge in [-0.25, -0.2) is 9.18 Å². The number of hydrogen-bond acceptors (Lipinski definition) is 4. The van der Waals surface area contributed by atoms with Crippen LogP contribution in [-0.4, -0.2) is 18.5 Å². The second-order valence-electron chi connectivity index (χ2n) is 6.80. The van der Waals surface area contributed by atoms with Gasteiger partial charge in [-0.3, -0.25) is 4.79 Å². The monoisotopic (exact) mass is 407 g/mol. The summed E-state index contributed by atoms with van der Waals surface area (Å²) in [6, 6.07) is 18.2. The van der Waals surface area contributed by atoms with E-state index in [4.69, 9.17) is 9.47 Å². The van der Waals surface area contributed by atoms with Crippen molar-refractivity contribution in [3.05, 3.63) is 94.8 Å². The van der Waals surface area contributed by atoms with Crippen LogP contribution in [0.25, 0.3) is 0 Å². The topological polar surface area (TPSA) is 64.6 Å². The van der Waals surface area contributed by atoms with Crippen LogP contribution in [0.5, 0.6) is 5.75 Å². The van der Waals surface area contributed by atoms with Gasteiger partial charge >= 0.3 is 5.97 Å². The second kappa shape index (κ2) is 9.69. The molecular formula is C24H22FNO4. The average molecular weight is 407 g/mol. The van der Waals surface area contributed by atoms with Crippen LogP contribution in [-0.2, 0) is 16.1 Å². The number of rotatable bonds is 7. The van der Waals surface area contributed by atoms with Gasteiger partial charge in [0.25, 0.3) is 5.91 Å². The highest BCUT2D eigenvalue weighted by Gasteiger charge is 2.16. The van der Waals surface area contributed by atoms with Crippen LogP contribution >= 0.6 is 0 Å². The number of esters is 1. The summed E-state index contributed by atoms with van der Waals surface area (Å²) in [6.07, 6.45) is 0. The highest BCUT2D eigenvalue weighted by Crippen LogP contribution is 2.21. The van der Waals surface area contributed by atoms with Crippen LogP contribution < -0.4 is 10.1 Å². The van der Waals surface area contributed by atoms with E-state index >= 15 is 0 Å². The van der Waals surface area contributed by atoms with Crippen LogP contribution in [0.3, 0.4) is 0 Å². The number of carbonyl (C=O) groups excluding carboxylic acids is 2. The molecule has 0 heterocycles. The van der Waals surface area contributed by atoms with Gasteiger partial charge in [0.2, 0.25) is 0 Å². The lowest BCUT2D eigenvalue weighted by Gasteiger charge is -2.13. The van der Waals surface area contributed by atoms with Gasteiger partial charge in [0, 0.05) is 5.69 Å². The van der Waals surface area contributed by atoms with E-state index < -0.39 is 18.5 Å². The Labute approximate surface area is 174 Å². The van der Waals surface area contributed by atoms with Gasteiger partial charge in [0.15, 0.2) is 6.61 Å². The molecule has 0 aromatic heterocycles. The van der Waals surface area contributed by atoms with Gasteiger partial charge in [-0.15, -0.1) is 0 Å². The first-order chi connectivity index (χ1) is 14.4. The molecule has 0 fully saturated rings. The fourth-order valence-electron chi connectivity index (χ4n) is 2.90. The first-order valence-electron chi connectivity index (χ1n) is 9.43. The summed E-state index contributed by atoms with van der Waals surface area (Å²) < 4.78 is 23.9. The highest BCUT2D eigenvalue weighted by molar-refractivity contribution is 5.97. The molecule has 0 aliphatic rings. The molecule has 0 saturated carbocycles. The third kappa shape index (κ3) is 5.44.